The molecule has 1 saturated heterocycles. The molecule has 1 fully saturated rings. The average molecular weight is 635 g/mol. The summed E-state index contributed by atoms with van der Waals surface area (Å²) in [5.41, 5.74) is 8.62. The number of aliphatic hydroxyl groups excluding tert-OH is 1. The summed E-state index contributed by atoms with van der Waals surface area (Å²) in [5, 5.41) is 23.0. The lowest BCUT2D eigenvalue weighted by Gasteiger charge is -2.35. The summed E-state index contributed by atoms with van der Waals surface area (Å²) in [6, 6.07) is 19.0. The Labute approximate surface area is 264 Å². The topological polar surface area (TPSA) is 178 Å². The lowest BCUT2D eigenvalue weighted by molar-refractivity contribution is -0.134. The summed E-state index contributed by atoms with van der Waals surface area (Å²) in [7, 11) is -4.15. The van der Waals surface area contributed by atoms with E-state index in [1.807, 2.05) is 32.9 Å². The molecule has 0 aromatic heterocycles. The molecule has 1 heterocycles. The molecule has 0 radical (unpaired) electrons. The fourth-order valence-corrected chi connectivity index (χ4v) is 6.44. The monoisotopic (exact) mass is 634 g/mol. The van der Waals surface area contributed by atoms with Gasteiger partial charge in [0, 0.05) is 30.2 Å². The predicted molar refractivity (Wildman–Crippen MR) is 174 cm³/mol. The Hall–Kier alpha value is -4.26. The van der Waals surface area contributed by atoms with Gasteiger partial charge in [-0.05, 0) is 80.5 Å². The zero-order valence-electron chi connectivity index (χ0n) is 25.8. The maximum absolute atomic E-state index is 13.9. The first-order valence-corrected chi connectivity index (χ1v) is 16.4. The number of nitrogens with one attached hydrogen (secondary N) is 4. The van der Waals surface area contributed by atoms with E-state index in [9.17, 15) is 23.1 Å². The molecule has 3 aromatic carbocycles. The van der Waals surface area contributed by atoms with Gasteiger partial charge in [-0.1, -0.05) is 54.6 Å². The highest BCUT2D eigenvalue weighted by molar-refractivity contribution is 7.89. The number of nitrogens with two attached hydrogens (primary N) is 1. The normalized spacial score (nSPS) is 14.9. The van der Waals surface area contributed by atoms with E-state index < -0.39 is 16.1 Å². The van der Waals surface area contributed by atoms with Crippen LogP contribution >= 0.6 is 0 Å². The summed E-state index contributed by atoms with van der Waals surface area (Å²) >= 11 is 0. The summed E-state index contributed by atoms with van der Waals surface area (Å²) < 4.78 is 30.1. The van der Waals surface area contributed by atoms with Crippen LogP contribution in [0.2, 0.25) is 0 Å². The van der Waals surface area contributed by atoms with Gasteiger partial charge in [0.1, 0.15) is 11.9 Å². The number of urea groups is 1. The molecule has 11 nitrogen and oxygen atoms in total. The van der Waals surface area contributed by atoms with E-state index in [-0.39, 0.29) is 47.3 Å². The number of hydrogen-bond donors (Lipinski definition) is 6. The summed E-state index contributed by atoms with van der Waals surface area (Å²) in [6.07, 6.45) is 1.10. The fraction of sp³-hybridized carbons (Fsp3) is 0.364. The minimum atomic E-state index is -4.15. The van der Waals surface area contributed by atoms with Gasteiger partial charge in [-0.15, -0.1) is 0 Å². The van der Waals surface area contributed by atoms with E-state index >= 15 is 0 Å². The van der Waals surface area contributed by atoms with Crippen molar-refractivity contribution in [2.75, 3.05) is 13.1 Å². The number of nitrogen functional groups attached to an aromatic ring is 1. The first-order chi connectivity index (χ1) is 21.2. The third-order valence-corrected chi connectivity index (χ3v) is 8.99. The van der Waals surface area contributed by atoms with Gasteiger partial charge in [0.15, 0.2) is 0 Å². The molecule has 0 spiro atoms. The molecule has 45 heavy (non-hydrogen) atoms. The number of hydrogen-bond acceptors (Lipinski definition) is 6. The molecule has 3 aromatic rings. The van der Waals surface area contributed by atoms with E-state index in [1.54, 1.807) is 59.5 Å². The molecule has 7 N–H and O–H groups in total. The summed E-state index contributed by atoms with van der Waals surface area (Å²) in [6.45, 7) is 6.30. The van der Waals surface area contributed by atoms with E-state index in [4.69, 9.17) is 11.1 Å². The van der Waals surface area contributed by atoms with Gasteiger partial charge in [-0.2, -0.15) is 4.72 Å². The Morgan fingerprint density at radius 1 is 0.978 bits per heavy atom. The minimum absolute atomic E-state index is 0.00860. The molecule has 240 valence electrons. The van der Waals surface area contributed by atoms with Crippen molar-refractivity contribution >= 4 is 27.8 Å². The highest BCUT2D eigenvalue weighted by Gasteiger charge is 2.32. The largest absolute Gasteiger partial charge is 0.392 e. The van der Waals surface area contributed by atoms with Crippen LogP contribution < -0.4 is 21.1 Å². The second kappa shape index (κ2) is 14.2. The number of sulfonamides is 1. The number of amidine groups is 1. The van der Waals surface area contributed by atoms with Gasteiger partial charge >= 0.3 is 6.03 Å². The second-order valence-electron chi connectivity index (χ2n) is 12.3. The van der Waals surface area contributed by atoms with Crippen molar-refractivity contribution in [1.82, 2.24) is 20.3 Å². The second-order valence-corrected chi connectivity index (χ2v) is 14.0. The van der Waals surface area contributed by atoms with E-state index in [1.165, 1.54) is 6.07 Å². The number of carbonyl (C=O) groups is 2. The van der Waals surface area contributed by atoms with Crippen molar-refractivity contribution in [2.24, 2.45) is 5.73 Å². The first kappa shape index (κ1) is 33.6. The van der Waals surface area contributed by atoms with Crippen LogP contribution in [0.15, 0.2) is 77.7 Å². The van der Waals surface area contributed by atoms with E-state index in [2.05, 4.69) is 15.4 Å². The molecular weight excluding hydrogens is 592 g/mol. The molecule has 0 unspecified atom stereocenters. The fourth-order valence-electron chi connectivity index (χ4n) is 5.21. The van der Waals surface area contributed by atoms with Crippen molar-refractivity contribution < 1.29 is 23.1 Å². The summed E-state index contributed by atoms with van der Waals surface area (Å²) in [5.74, 6) is -0.505. The molecule has 3 amide bonds. The SMILES string of the molecule is CC(C)(C)NC(=O)NC1CCN(C(=O)[C@H](Cc2cccc(C(=N)N)c2)NS(=O)(=O)c2cccc(-c3ccc(CO)cc3)c2)CC1. The molecule has 4 rings (SSSR count). The van der Waals surface area contributed by atoms with Crippen molar-refractivity contribution in [3.8, 4) is 11.1 Å². The molecule has 0 saturated carbocycles. The van der Waals surface area contributed by atoms with Gasteiger partial charge in [0.05, 0.1) is 11.5 Å². The Balaban J connectivity index is 1.54. The number of piperidine rings is 1. The number of likely N-dealkylation sites (tertiary alicyclic amines) is 1. The molecule has 12 heteroatoms. The predicted octanol–water partition coefficient (Wildman–Crippen LogP) is 3.11. The van der Waals surface area contributed by atoms with Crippen LogP contribution in [0.3, 0.4) is 0 Å². The molecule has 0 bridgehead atoms. The third kappa shape index (κ3) is 9.37. The van der Waals surface area contributed by atoms with Crippen LogP contribution in [0.25, 0.3) is 11.1 Å². The Bertz CT molecular complexity index is 1630. The number of benzene rings is 3. The van der Waals surface area contributed by atoms with Crippen LogP contribution in [0, 0.1) is 5.41 Å². The quantitative estimate of drug-likeness (QED) is 0.147. The van der Waals surface area contributed by atoms with Crippen LogP contribution in [0.4, 0.5) is 4.79 Å². The van der Waals surface area contributed by atoms with Crippen molar-refractivity contribution in [1.29, 1.82) is 5.41 Å². The Morgan fingerprint density at radius 3 is 2.27 bits per heavy atom. The van der Waals surface area contributed by atoms with E-state index in [0.717, 1.165) is 11.1 Å². The van der Waals surface area contributed by atoms with Crippen LogP contribution in [0.1, 0.15) is 50.3 Å². The van der Waals surface area contributed by atoms with Gasteiger partial charge in [-0.25, -0.2) is 13.2 Å². The molecule has 1 aliphatic heterocycles. The standard InChI is InChI=1S/C33H42N6O5S/c1-33(2,3)37-32(42)36-27-14-16-39(17-15-27)31(41)29(19-23-6-4-8-26(18-23)30(34)35)38-45(43,44)28-9-5-7-25(20-28)24-12-10-22(21-40)11-13-24/h4-13,18,20,27,29,38,40H,14-17,19,21H2,1-3H3,(H3,34,35)(H2,36,37,42)/t29-/m0/s1. The lowest BCUT2D eigenvalue weighted by Crippen LogP contribution is -2.55. The van der Waals surface area contributed by atoms with Crippen molar-refractivity contribution in [2.45, 2.75) is 69.2 Å². The minimum Gasteiger partial charge on any atom is -0.392 e. The van der Waals surface area contributed by atoms with Crippen LogP contribution in [-0.2, 0) is 27.8 Å². The zero-order valence-corrected chi connectivity index (χ0v) is 26.7. The van der Waals surface area contributed by atoms with Crippen LogP contribution in [0.5, 0.6) is 0 Å². The molecule has 1 atom stereocenters. The zero-order chi connectivity index (χ0) is 32.8. The molecular formula is C33H42N6O5S. The number of rotatable bonds is 10. The maximum Gasteiger partial charge on any atom is 0.315 e. The number of aliphatic hydroxyl groups is 1. The number of nitrogens with zero attached hydrogens (tertiary/aromatic N) is 1. The molecule has 0 aliphatic carbocycles. The maximum atomic E-state index is 13.9. The smallest absolute Gasteiger partial charge is 0.315 e. The highest BCUT2D eigenvalue weighted by Crippen LogP contribution is 2.24. The van der Waals surface area contributed by atoms with Gasteiger partial charge in [0.25, 0.3) is 0 Å². The van der Waals surface area contributed by atoms with Crippen LogP contribution in [-0.4, -0.2) is 66.9 Å². The van der Waals surface area contributed by atoms with Crippen molar-refractivity contribution in [3.63, 3.8) is 0 Å². The average Bonchev–Trinajstić information content (AvgIpc) is 3.00. The number of carbonyl (C=O) groups excluding carboxylic acids is 2. The van der Waals surface area contributed by atoms with E-state index in [0.29, 0.717) is 42.6 Å². The van der Waals surface area contributed by atoms with Gasteiger partial charge < -0.3 is 26.4 Å². The molecule has 1 aliphatic rings. The third-order valence-electron chi connectivity index (χ3n) is 7.52. The van der Waals surface area contributed by atoms with Gasteiger partial charge in [-0.3, -0.25) is 10.2 Å². The Kier molecular flexibility index (Phi) is 10.6. The lowest BCUT2D eigenvalue weighted by atomic mass is 10.0. The highest BCUT2D eigenvalue weighted by atomic mass is 32.2. The first-order valence-electron chi connectivity index (χ1n) is 14.9. The van der Waals surface area contributed by atoms with Gasteiger partial charge in [0.2, 0.25) is 15.9 Å². The number of amides is 3. The van der Waals surface area contributed by atoms with Crippen molar-refractivity contribution in [3.05, 3.63) is 89.5 Å². The summed E-state index contributed by atoms with van der Waals surface area (Å²) in [4.78, 5) is 27.9. The Morgan fingerprint density at radius 2 is 1.64 bits per heavy atom.